The van der Waals surface area contributed by atoms with Gasteiger partial charge in [-0.05, 0) is 38.5 Å². The van der Waals surface area contributed by atoms with Crippen molar-refractivity contribution in [2.24, 2.45) is 0 Å². The summed E-state index contributed by atoms with van der Waals surface area (Å²) in [6, 6.07) is 8.00. The number of amides is 1. The molecule has 0 bridgehead atoms. The van der Waals surface area contributed by atoms with E-state index in [4.69, 9.17) is 11.6 Å². The van der Waals surface area contributed by atoms with Crippen molar-refractivity contribution in [3.8, 4) is 0 Å². The Balaban J connectivity index is 2.51. The lowest BCUT2D eigenvalue weighted by molar-refractivity contribution is -0.130. The van der Waals surface area contributed by atoms with E-state index < -0.39 is 0 Å². The molecule has 1 rings (SSSR count). The highest BCUT2D eigenvalue weighted by Gasteiger charge is 2.13. The van der Waals surface area contributed by atoms with Crippen molar-refractivity contribution < 1.29 is 4.79 Å². The molecule has 3 nitrogen and oxygen atoms in total. The van der Waals surface area contributed by atoms with Gasteiger partial charge in [-0.15, -0.1) is 0 Å². The molecule has 1 N–H and O–H groups in total. The highest BCUT2D eigenvalue weighted by atomic mass is 35.5. The molecule has 1 amide bonds. The zero-order chi connectivity index (χ0) is 13.7. The van der Waals surface area contributed by atoms with Gasteiger partial charge in [0.1, 0.15) is 0 Å². The molecule has 0 heterocycles. The molecular weight excluding hydrogens is 248 g/mol. The van der Waals surface area contributed by atoms with Gasteiger partial charge in [-0.2, -0.15) is 0 Å². The highest BCUT2D eigenvalue weighted by Crippen LogP contribution is 2.17. The minimum absolute atomic E-state index is 0.0962. The van der Waals surface area contributed by atoms with E-state index in [0.29, 0.717) is 11.6 Å². The Morgan fingerprint density at radius 2 is 2.06 bits per heavy atom. The van der Waals surface area contributed by atoms with E-state index >= 15 is 0 Å². The first kappa shape index (κ1) is 15.0. The van der Waals surface area contributed by atoms with Crippen LogP contribution in [-0.2, 0) is 4.79 Å². The Kier molecular flexibility index (Phi) is 5.63. The summed E-state index contributed by atoms with van der Waals surface area (Å²) in [6.07, 6.45) is 0. The highest BCUT2D eigenvalue weighted by molar-refractivity contribution is 6.30. The van der Waals surface area contributed by atoms with Crippen LogP contribution in [-0.4, -0.2) is 30.4 Å². The van der Waals surface area contributed by atoms with Gasteiger partial charge in [0.05, 0.1) is 6.54 Å². The lowest BCUT2D eigenvalue weighted by Crippen LogP contribution is -2.40. The maximum atomic E-state index is 11.8. The minimum Gasteiger partial charge on any atom is -0.342 e. The second-order valence-corrected chi connectivity index (χ2v) is 5.19. The molecule has 1 aromatic carbocycles. The topological polar surface area (TPSA) is 32.3 Å². The number of hydrogen-bond donors (Lipinski definition) is 1. The van der Waals surface area contributed by atoms with Gasteiger partial charge in [0.25, 0.3) is 0 Å². The summed E-state index contributed by atoms with van der Waals surface area (Å²) in [6.45, 7) is 6.35. The SMILES string of the molecule is CC(C)N(C)C(=O)CN[C@H](C)c1cccc(Cl)c1. The molecule has 0 radical (unpaired) electrons. The average molecular weight is 269 g/mol. The van der Waals surface area contributed by atoms with Crippen LogP contribution >= 0.6 is 11.6 Å². The fraction of sp³-hybridized carbons (Fsp3) is 0.500. The number of hydrogen-bond acceptors (Lipinski definition) is 2. The molecule has 0 unspecified atom stereocenters. The van der Waals surface area contributed by atoms with Crippen LogP contribution in [0.25, 0.3) is 0 Å². The third kappa shape index (κ3) is 4.31. The van der Waals surface area contributed by atoms with Crippen molar-refractivity contribution in [1.82, 2.24) is 10.2 Å². The second kappa shape index (κ2) is 6.76. The van der Waals surface area contributed by atoms with E-state index in [1.54, 1.807) is 4.90 Å². The first-order chi connectivity index (χ1) is 8.41. The van der Waals surface area contributed by atoms with E-state index in [1.165, 1.54) is 0 Å². The van der Waals surface area contributed by atoms with Gasteiger partial charge in [-0.3, -0.25) is 4.79 Å². The third-order valence-corrected chi connectivity index (χ3v) is 3.31. The van der Waals surface area contributed by atoms with Crippen molar-refractivity contribution in [2.75, 3.05) is 13.6 Å². The summed E-state index contributed by atoms with van der Waals surface area (Å²) in [5.74, 6) is 0.0962. The molecule has 0 saturated carbocycles. The molecule has 1 atom stereocenters. The van der Waals surface area contributed by atoms with Gasteiger partial charge < -0.3 is 10.2 Å². The molecular formula is C14H21ClN2O. The average Bonchev–Trinajstić information content (AvgIpc) is 2.34. The van der Waals surface area contributed by atoms with Crippen LogP contribution in [0.15, 0.2) is 24.3 Å². The molecule has 0 spiro atoms. The molecule has 1 aromatic rings. The van der Waals surface area contributed by atoms with E-state index in [0.717, 1.165) is 5.56 Å². The van der Waals surface area contributed by atoms with Gasteiger partial charge in [0.15, 0.2) is 0 Å². The number of halogens is 1. The van der Waals surface area contributed by atoms with Crippen molar-refractivity contribution in [3.63, 3.8) is 0 Å². The molecule has 0 fully saturated rings. The van der Waals surface area contributed by atoms with Crippen molar-refractivity contribution in [1.29, 1.82) is 0 Å². The first-order valence-corrected chi connectivity index (χ1v) is 6.54. The number of rotatable bonds is 5. The van der Waals surface area contributed by atoms with Gasteiger partial charge in [0.2, 0.25) is 5.91 Å². The van der Waals surface area contributed by atoms with Crippen molar-refractivity contribution in [2.45, 2.75) is 32.9 Å². The molecule has 100 valence electrons. The normalized spacial score (nSPS) is 12.6. The number of likely N-dealkylation sites (N-methyl/N-ethyl adjacent to an activating group) is 1. The lowest BCUT2D eigenvalue weighted by atomic mass is 10.1. The summed E-state index contributed by atoms with van der Waals surface area (Å²) in [5, 5.41) is 3.93. The number of carbonyl (C=O) groups excluding carboxylic acids is 1. The Morgan fingerprint density at radius 1 is 1.39 bits per heavy atom. The molecule has 0 aliphatic carbocycles. The van der Waals surface area contributed by atoms with Crippen LogP contribution in [0.5, 0.6) is 0 Å². The minimum atomic E-state index is 0.0962. The number of nitrogens with one attached hydrogen (secondary N) is 1. The van der Waals surface area contributed by atoms with Crippen LogP contribution in [0.1, 0.15) is 32.4 Å². The van der Waals surface area contributed by atoms with Crippen LogP contribution in [0.3, 0.4) is 0 Å². The van der Waals surface area contributed by atoms with E-state index in [2.05, 4.69) is 5.32 Å². The molecule has 0 aliphatic rings. The fourth-order valence-electron chi connectivity index (χ4n) is 1.55. The number of benzene rings is 1. The Bertz CT molecular complexity index is 407. The van der Waals surface area contributed by atoms with E-state index in [1.807, 2.05) is 52.1 Å². The maximum absolute atomic E-state index is 11.8. The maximum Gasteiger partial charge on any atom is 0.236 e. The smallest absolute Gasteiger partial charge is 0.236 e. The van der Waals surface area contributed by atoms with Gasteiger partial charge >= 0.3 is 0 Å². The predicted molar refractivity (Wildman–Crippen MR) is 75.8 cm³/mol. The van der Waals surface area contributed by atoms with Crippen LogP contribution < -0.4 is 5.32 Å². The molecule has 0 aromatic heterocycles. The van der Waals surface area contributed by atoms with Crippen molar-refractivity contribution in [3.05, 3.63) is 34.9 Å². The quantitative estimate of drug-likeness (QED) is 0.891. The van der Waals surface area contributed by atoms with Gasteiger partial charge in [-0.1, -0.05) is 23.7 Å². The number of nitrogens with zero attached hydrogens (tertiary/aromatic N) is 1. The zero-order valence-corrected chi connectivity index (χ0v) is 12.2. The Morgan fingerprint density at radius 3 is 2.61 bits per heavy atom. The van der Waals surface area contributed by atoms with Crippen LogP contribution in [0, 0.1) is 0 Å². The van der Waals surface area contributed by atoms with Crippen molar-refractivity contribution >= 4 is 17.5 Å². The summed E-state index contributed by atoms with van der Waals surface area (Å²) >= 11 is 5.94. The second-order valence-electron chi connectivity index (χ2n) is 4.76. The zero-order valence-electron chi connectivity index (χ0n) is 11.4. The first-order valence-electron chi connectivity index (χ1n) is 6.16. The van der Waals surface area contributed by atoms with Gasteiger partial charge in [0, 0.05) is 24.2 Å². The number of carbonyl (C=O) groups is 1. The predicted octanol–water partition coefficient (Wildman–Crippen LogP) is 2.86. The van der Waals surface area contributed by atoms with E-state index in [9.17, 15) is 4.79 Å². The standard InChI is InChI=1S/C14H21ClN2O/c1-10(2)17(4)14(18)9-16-11(3)12-6-5-7-13(15)8-12/h5-8,10-11,16H,9H2,1-4H3/t11-/m1/s1. The molecule has 18 heavy (non-hydrogen) atoms. The van der Waals surface area contributed by atoms with E-state index in [-0.39, 0.29) is 18.0 Å². The third-order valence-electron chi connectivity index (χ3n) is 3.08. The van der Waals surface area contributed by atoms with Crippen LogP contribution in [0.2, 0.25) is 5.02 Å². The molecule has 0 aliphatic heterocycles. The fourth-order valence-corrected chi connectivity index (χ4v) is 1.75. The summed E-state index contributed by atoms with van der Waals surface area (Å²) in [7, 11) is 1.82. The summed E-state index contributed by atoms with van der Waals surface area (Å²) < 4.78 is 0. The molecule has 0 saturated heterocycles. The van der Waals surface area contributed by atoms with Crippen LogP contribution in [0.4, 0.5) is 0 Å². The monoisotopic (exact) mass is 268 g/mol. The Labute approximate surface area is 114 Å². The van der Waals surface area contributed by atoms with Gasteiger partial charge in [-0.25, -0.2) is 0 Å². The molecule has 4 heteroatoms. The summed E-state index contributed by atoms with van der Waals surface area (Å²) in [5.41, 5.74) is 1.09. The Hall–Kier alpha value is -1.06. The lowest BCUT2D eigenvalue weighted by Gasteiger charge is -2.23. The summed E-state index contributed by atoms with van der Waals surface area (Å²) in [4.78, 5) is 13.6. The largest absolute Gasteiger partial charge is 0.342 e.